The van der Waals surface area contributed by atoms with Crippen molar-refractivity contribution in [1.29, 1.82) is 0 Å². The van der Waals surface area contributed by atoms with E-state index in [1.165, 1.54) is 0 Å². The summed E-state index contributed by atoms with van der Waals surface area (Å²) >= 11 is 0. The molecule has 1 amide bonds. The molecule has 7 nitrogen and oxygen atoms in total. The van der Waals surface area contributed by atoms with E-state index in [9.17, 15) is 4.79 Å². The number of anilines is 1. The van der Waals surface area contributed by atoms with Crippen LogP contribution in [0.5, 0.6) is 0 Å². The largest absolute Gasteiger partial charge is 0.352 e. The fourth-order valence-electron chi connectivity index (χ4n) is 2.83. The minimum absolute atomic E-state index is 0.134. The maximum Gasteiger partial charge on any atom is 0.227 e. The summed E-state index contributed by atoms with van der Waals surface area (Å²) in [5.41, 5.74) is 3.01. The summed E-state index contributed by atoms with van der Waals surface area (Å²) in [5, 5.41) is 13.7. The number of amides is 1. The van der Waals surface area contributed by atoms with E-state index < -0.39 is 0 Å². The third kappa shape index (κ3) is 4.62. The Kier molecular flexibility index (Phi) is 5.88. The third-order valence-corrected chi connectivity index (χ3v) is 4.71. The topological polar surface area (TPSA) is 83.3 Å². The zero-order valence-electron chi connectivity index (χ0n) is 15.3. The standard InChI is InChI=1S/C19H26N6O/c1-20-19(22-13-17-9-10-23-25(17)2)21-12-14-5-3-8-16(11-14)24-18(26)15-6-4-7-15/h3,5,8-11,15H,4,6-7,12-13H2,1-2H3,(H,24,26)(H2,20,21,22). The van der Waals surface area contributed by atoms with Crippen LogP contribution >= 0.6 is 0 Å². The molecule has 3 N–H and O–H groups in total. The van der Waals surface area contributed by atoms with Crippen LogP contribution in [0.15, 0.2) is 41.5 Å². The number of hydrogen-bond donors (Lipinski definition) is 3. The smallest absolute Gasteiger partial charge is 0.227 e. The van der Waals surface area contributed by atoms with Gasteiger partial charge in [-0.15, -0.1) is 0 Å². The lowest BCUT2D eigenvalue weighted by atomic mass is 9.85. The van der Waals surface area contributed by atoms with E-state index in [1.807, 2.05) is 42.1 Å². The van der Waals surface area contributed by atoms with E-state index in [0.29, 0.717) is 13.1 Å². The molecule has 7 heteroatoms. The molecule has 3 rings (SSSR count). The van der Waals surface area contributed by atoms with Gasteiger partial charge in [0.15, 0.2) is 5.96 Å². The molecule has 0 radical (unpaired) electrons. The van der Waals surface area contributed by atoms with Crippen LogP contribution in [-0.4, -0.2) is 28.7 Å². The Labute approximate surface area is 153 Å². The van der Waals surface area contributed by atoms with Crippen LogP contribution < -0.4 is 16.0 Å². The van der Waals surface area contributed by atoms with Crippen molar-refractivity contribution in [3.05, 3.63) is 47.8 Å². The highest BCUT2D eigenvalue weighted by Crippen LogP contribution is 2.27. The lowest BCUT2D eigenvalue weighted by molar-refractivity contribution is -0.122. The number of carbonyl (C=O) groups excluding carboxylic acids is 1. The second kappa shape index (κ2) is 8.51. The summed E-state index contributed by atoms with van der Waals surface area (Å²) in [4.78, 5) is 16.3. The van der Waals surface area contributed by atoms with Crippen molar-refractivity contribution in [1.82, 2.24) is 20.4 Å². The highest BCUT2D eigenvalue weighted by atomic mass is 16.1. The molecule has 1 heterocycles. The van der Waals surface area contributed by atoms with Crippen molar-refractivity contribution in [2.75, 3.05) is 12.4 Å². The first kappa shape index (κ1) is 18.0. The van der Waals surface area contributed by atoms with Gasteiger partial charge in [0, 0.05) is 38.4 Å². The second-order valence-corrected chi connectivity index (χ2v) is 6.54. The average Bonchev–Trinajstić information content (AvgIpc) is 2.99. The highest BCUT2D eigenvalue weighted by molar-refractivity contribution is 5.93. The van der Waals surface area contributed by atoms with E-state index in [1.54, 1.807) is 13.2 Å². The monoisotopic (exact) mass is 354 g/mol. The Morgan fingerprint density at radius 3 is 2.73 bits per heavy atom. The molecule has 0 saturated heterocycles. The number of nitrogens with zero attached hydrogens (tertiary/aromatic N) is 3. The first-order valence-electron chi connectivity index (χ1n) is 8.97. The third-order valence-electron chi connectivity index (χ3n) is 4.71. The van der Waals surface area contributed by atoms with Gasteiger partial charge in [0.05, 0.1) is 12.2 Å². The van der Waals surface area contributed by atoms with Crippen LogP contribution in [-0.2, 0) is 24.9 Å². The molecule has 0 aliphatic heterocycles. The minimum Gasteiger partial charge on any atom is -0.352 e. The molecule has 26 heavy (non-hydrogen) atoms. The van der Waals surface area contributed by atoms with Crippen LogP contribution in [0.4, 0.5) is 5.69 Å². The first-order chi connectivity index (χ1) is 12.7. The number of aliphatic imine (C=N–C) groups is 1. The molecule has 0 atom stereocenters. The Morgan fingerprint density at radius 1 is 1.27 bits per heavy atom. The van der Waals surface area contributed by atoms with Crippen LogP contribution in [0.3, 0.4) is 0 Å². The quantitative estimate of drug-likeness (QED) is 0.547. The fraction of sp³-hybridized carbons (Fsp3) is 0.421. The van der Waals surface area contributed by atoms with Gasteiger partial charge in [0.1, 0.15) is 0 Å². The second-order valence-electron chi connectivity index (χ2n) is 6.54. The molecule has 1 saturated carbocycles. The zero-order chi connectivity index (χ0) is 18.4. The predicted octanol–water partition coefficient (Wildman–Crippen LogP) is 2.02. The van der Waals surface area contributed by atoms with Gasteiger partial charge in [-0.1, -0.05) is 18.6 Å². The summed E-state index contributed by atoms with van der Waals surface area (Å²) in [5.74, 6) is 1.04. The van der Waals surface area contributed by atoms with E-state index in [2.05, 4.69) is 26.0 Å². The van der Waals surface area contributed by atoms with Crippen LogP contribution in [0, 0.1) is 5.92 Å². The molecule has 138 valence electrons. The number of carbonyl (C=O) groups is 1. The number of guanidine groups is 1. The molecule has 1 aromatic heterocycles. The number of aromatic nitrogens is 2. The van der Waals surface area contributed by atoms with E-state index in [0.717, 1.165) is 42.2 Å². The van der Waals surface area contributed by atoms with Crippen molar-refractivity contribution >= 4 is 17.6 Å². The number of aryl methyl sites for hydroxylation is 1. The van der Waals surface area contributed by atoms with Crippen molar-refractivity contribution in [2.24, 2.45) is 18.0 Å². The van der Waals surface area contributed by atoms with Crippen LogP contribution in [0.1, 0.15) is 30.5 Å². The van der Waals surface area contributed by atoms with Crippen molar-refractivity contribution in [2.45, 2.75) is 32.4 Å². The van der Waals surface area contributed by atoms with E-state index in [-0.39, 0.29) is 11.8 Å². The van der Waals surface area contributed by atoms with E-state index in [4.69, 9.17) is 0 Å². The lowest BCUT2D eigenvalue weighted by Crippen LogP contribution is -2.36. The molecular formula is C19H26N6O. The fourth-order valence-corrected chi connectivity index (χ4v) is 2.83. The van der Waals surface area contributed by atoms with Gasteiger partial charge in [-0.25, -0.2) is 0 Å². The summed E-state index contributed by atoms with van der Waals surface area (Å²) in [6.45, 7) is 1.27. The molecule has 0 unspecified atom stereocenters. The Balaban J connectivity index is 1.50. The number of nitrogens with one attached hydrogen (secondary N) is 3. The SMILES string of the molecule is CN=C(NCc1cccc(NC(=O)C2CCC2)c1)NCc1ccnn1C. The van der Waals surface area contributed by atoms with Gasteiger partial charge in [-0.3, -0.25) is 14.5 Å². The molecule has 1 aliphatic rings. The Hall–Kier alpha value is -2.83. The van der Waals surface area contributed by atoms with Gasteiger partial charge in [-0.05, 0) is 36.6 Å². The Bertz CT molecular complexity index is 778. The highest BCUT2D eigenvalue weighted by Gasteiger charge is 2.25. The predicted molar refractivity (Wildman–Crippen MR) is 103 cm³/mol. The maximum absolute atomic E-state index is 12.1. The maximum atomic E-state index is 12.1. The van der Waals surface area contributed by atoms with Crippen LogP contribution in [0.2, 0.25) is 0 Å². The average molecular weight is 354 g/mol. The molecule has 1 aliphatic carbocycles. The van der Waals surface area contributed by atoms with Crippen LogP contribution in [0.25, 0.3) is 0 Å². The van der Waals surface area contributed by atoms with E-state index >= 15 is 0 Å². The normalized spacial score (nSPS) is 14.6. The van der Waals surface area contributed by atoms with Gasteiger partial charge in [0.25, 0.3) is 0 Å². The summed E-state index contributed by atoms with van der Waals surface area (Å²) < 4.78 is 1.83. The van der Waals surface area contributed by atoms with Crippen molar-refractivity contribution < 1.29 is 4.79 Å². The van der Waals surface area contributed by atoms with Crippen molar-refractivity contribution in [3.63, 3.8) is 0 Å². The molecule has 0 bridgehead atoms. The minimum atomic E-state index is 0.134. The lowest BCUT2D eigenvalue weighted by Gasteiger charge is -2.24. The van der Waals surface area contributed by atoms with Gasteiger partial charge in [0.2, 0.25) is 5.91 Å². The molecule has 2 aromatic rings. The molecule has 1 aromatic carbocycles. The first-order valence-corrected chi connectivity index (χ1v) is 8.97. The number of benzene rings is 1. The van der Waals surface area contributed by atoms with Crippen molar-refractivity contribution in [3.8, 4) is 0 Å². The van der Waals surface area contributed by atoms with Gasteiger partial charge >= 0.3 is 0 Å². The summed E-state index contributed by atoms with van der Waals surface area (Å²) in [6, 6.07) is 9.88. The van der Waals surface area contributed by atoms with Gasteiger partial charge < -0.3 is 16.0 Å². The molecule has 1 fully saturated rings. The molecule has 0 spiro atoms. The zero-order valence-corrected chi connectivity index (χ0v) is 15.3. The summed E-state index contributed by atoms with van der Waals surface area (Å²) in [7, 11) is 3.66. The van der Waals surface area contributed by atoms with Gasteiger partial charge in [-0.2, -0.15) is 5.10 Å². The number of hydrogen-bond acceptors (Lipinski definition) is 3. The number of rotatable bonds is 6. The molecular weight excluding hydrogens is 328 g/mol. The summed E-state index contributed by atoms with van der Waals surface area (Å²) in [6.07, 6.45) is 4.95. The Morgan fingerprint density at radius 2 is 2.08 bits per heavy atom.